The Hall–Kier alpha value is -0.290. The number of halogens is 2. The average Bonchev–Trinajstić information content (AvgIpc) is 2.73. The van der Waals surface area contributed by atoms with E-state index < -0.39 is 15.9 Å². The minimum Gasteiger partial charge on any atom is -0.387 e. The topological polar surface area (TPSA) is 49.3 Å². The minimum absolute atomic E-state index is 0.176. The molecule has 1 saturated carbocycles. The van der Waals surface area contributed by atoms with E-state index >= 15 is 0 Å². The standard InChI is InChI=1S/C11H13Cl2NO2S/c1-10(6-11(10,12)13)9(16)14-4-8(15)7-2-3-17-5-7/h2-3,5,8,15H,4,6H2,1H3,(H,14,16). The number of carbonyl (C=O) groups is 1. The molecule has 2 unspecified atom stereocenters. The number of thiophene rings is 1. The number of carbonyl (C=O) groups excluding carboxylic acids is 1. The smallest absolute Gasteiger partial charge is 0.229 e. The number of amides is 1. The van der Waals surface area contributed by atoms with Crippen LogP contribution in [-0.4, -0.2) is 21.9 Å². The molecule has 0 saturated heterocycles. The van der Waals surface area contributed by atoms with Crippen LogP contribution in [-0.2, 0) is 4.79 Å². The van der Waals surface area contributed by atoms with Crippen molar-refractivity contribution in [2.75, 3.05) is 6.54 Å². The van der Waals surface area contributed by atoms with Crippen LogP contribution in [0.2, 0.25) is 0 Å². The highest BCUT2D eigenvalue weighted by molar-refractivity contribution is 7.07. The maximum absolute atomic E-state index is 11.8. The van der Waals surface area contributed by atoms with Crippen molar-refractivity contribution >= 4 is 40.4 Å². The molecule has 2 rings (SSSR count). The minimum atomic E-state index is -0.968. The average molecular weight is 294 g/mol. The molecule has 1 aromatic heterocycles. The van der Waals surface area contributed by atoms with Crippen molar-refractivity contribution in [1.82, 2.24) is 5.32 Å². The van der Waals surface area contributed by atoms with E-state index in [1.165, 1.54) is 11.3 Å². The molecule has 94 valence electrons. The normalized spacial score (nSPS) is 27.5. The highest BCUT2D eigenvalue weighted by Gasteiger charge is 2.67. The molecule has 3 nitrogen and oxygen atoms in total. The lowest BCUT2D eigenvalue weighted by Crippen LogP contribution is -2.35. The maximum atomic E-state index is 11.8. The molecule has 17 heavy (non-hydrogen) atoms. The molecule has 6 heteroatoms. The predicted molar refractivity (Wildman–Crippen MR) is 69.4 cm³/mol. The van der Waals surface area contributed by atoms with Gasteiger partial charge < -0.3 is 10.4 Å². The summed E-state index contributed by atoms with van der Waals surface area (Å²) in [5.74, 6) is -0.211. The van der Waals surface area contributed by atoms with E-state index in [4.69, 9.17) is 23.2 Å². The van der Waals surface area contributed by atoms with E-state index in [-0.39, 0.29) is 12.5 Å². The fraction of sp³-hybridized carbons (Fsp3) is 0.545. The Kier molecular flexibility index (Phi) is 3.42. The molecular weight excluding hydrogens is 281 g/mol. The van der Waals surface area contributed by atoms with E-state index in [0.717, 1.165) is 5.56 Å². The Morgan fingerprint density at radius 2 is 2.35 bits per heavy atom. The second-order valence-electron chi connectivity index (χ2n) is 4.50. The monoisotopic (exact) mass is 293 g/mol. The number of nitrogens with one attached hydrogen (secondary N) is 1. The Morgan fingerprint density at radius 1 is 1.71 bits per heavy atom. The van der Waals surface area contributed by atoms with E-state index in [1.54, 1.807) is 6.92 Å². The molecule has 0 radical (unpaired) electrons. The third-order valence-corrected chi connectivity index (χ3v) is 4.95. The first kappa shape index (κ1) is 13.1. The largest absolute Gasteiger partial charge is 0.387 e. The van der Waals surface area contributed by atoms with Gasteiger partial charge in [-0.25, -0.2) is 0 Å². The highest BCUT2D eigenvalue weighted by Crippen LogP contribution is 2.63. The second kappa shape index (κ2) is 4.43. The molecule has 2 N–H and O–H groups in total. The van der Waals surface area contributed by atoms with Crippen LogP contribution in [0.15, 0.2) is 16.8 Å². The summed E-state index contributed by atoms with van der Waals surface area (Å²) in [5.41, 5.74) is 0.0732. The number of alkyl halides is 2. The third-order valence-electron chi connectivity index (χ3n) is 3.14. The lowest BCUT2D eigenvalue weighted by Gasteiger charge is -2.15. The molecule has 0 aliphatic heterocycles. The SMILES string of the molecule is CC1(C(=O)NCC(O)c2ccsc2)CC1(Cl)Cl. The number of aliphatic hydroxyl groups excluding tert-OH is 1. The Bertz CT molecular complexity index is 421. The molecule has 2 atom stereocenters. The van der Waals surface area contributed by atoms with Gasteiger partial charge >= 0.3 is 0 Å². The van der Waals surface area contributed by atoms with Gasteiger partial charge in [0.1, 0.15) is 4.33 Å². The van der Waals surface area contributed by atoms with Gasteiger partial charge in [0.25, 0.3) is 0 Å². The van der Waals surface area contributed by atoms with Crippen LogP contribution in [0.5, 0.6) is 0 Å². The van der Waals surface area contributed by atoms with Crippen LogP contribution in [0.3, 0.4) is 0 Å². The van der Waals surface area contributed by atoms with Gasteiger partial charge in [-0.05, 0) is 35.7 Å². The van der Waals surface area contributed by atoms with Gasteiger partial charge in [0.05, 0.1) is 11.5 Å². The first-order chi connectivity index (χ1) is 7.87. The molecule has 0 spiro atoms. The van der Waals surface area contributed by atoms with Crippen molar-refractivity contribution in [3.8, 4) is 0 Å². The van der Waals surface area contributed by atoms with Gasteiger partial charge in [0.15, 0.2) is 0 Å². The zero-order valence-electron chi connectivity index (χ0n) is 9.24. The van der Waals surface area contributed by atoms with Crippen LogP contribution in [0.25, 0.3) is 0 Å². The van der Waals surface area contributed by atoms with Crippen LogP contribution in [0.4, 0.5) is 0 Å². The third kappa shape index (κ3) is 2.45. The highest BCUT2D eigenvalue weighted by atomic mass is 35.5. The van der Waals surface area contributed by atoms with Crippen LogP contribution < -0.4 is 5.32 Å². The van der Waals surface area contributed by atoms with Crippen molar-refractivity contribution in [1.29, 1.82) is 0 Å². The number of aliphatic hydroxyl groups is 1. The summed E-state index contributed by atoms with van der Waals surface area (Å²) in [5, 5.41) is 16.2. The van der Waals surface area contributed by atoms with Gasteiger partial charge in [0.2, 0.25) is 5.91 Å². The van der Waals surface area contributed by atoms with E-state index in [2.05, 4.69) is 5.32 Å². The van der Waals surface area contributed by atoms with Crippen molar-refractivity contribution in [3.05, 3.63) is 22.4 Å². The molecule has 1 heterocycles. The molecule has 1 aromatic rings. The second-order valence-corrected chi connectivity index (χ2v) is 6.76. The van der Waals surface area contributed by atoms with Crippen LogP contribution in [0, 0.1) is 5.41 Å². The lowest BCUT2D eigenvalue weighted by molar-refractivity contribution is -0.126. The van der Waals surface area contributed by atoms with Gasteiger partial charge in [-0.1, -0.05) is 0 Å². The summed E-state index contributed by atoms with van der Waals surface area (Å²) in [4.78, 5) is 11.8. The van der Waals surface area contributed by atoms with Crippen molar-refractivity contribution in [2.24, 2.45) is 5.41 Å². The fourth-order valence-electron chi connectivity index (χ4n) is 1.61. The van der Waals surface area contributed by atoms with Gasteiger partial charge in [-0.3, -0.25) is 4.79 Å². The maximum Gasteiger partial charge on any atom is 0.229 e. The number of rotatable bonds is 4. The van der Waals surface area contributed by atoms with E-state index in [0.29, 0.717) is 6.42 Å². The van der Waals surface area contributed by atoms with Gasteiger partial charge in [0, 0.05) is 6.54 Å². The lowest BCUT2D eigenvalue weighted by atomic mass is 10.1. The Morgan fingerprint density at radius 3 is 2.82 bits per heavy atom. The molecule has 1 aliphatic rings. The molecule has 1 aliphatic carbocycles. The van der Waals surface area contributed by atoms with Gasteiger partial charge in [-0.2, -0.15) is 11.3 Å². The zero-order valence-corrected chi connectivity index (χ0v) is 11.6. The number of hydrogen-bond donors (Lipinski definition) is 2. The van der Waals surface area contributed by atoms with E-state index in [1.807, 2.05) is 16.8 Å². The number of hydrogen-bond acceptors (Lipinski definition) is 3. The Balaban J connectivity index is 1.86. The summed E-state index contributed by atoms with van der Waals surface area (Å²) in [6.07, 6.45) is -0.239. The quantitative estimate of drug-likeness (QED) is 0.838. The summed E-state index contributed by atoms with van der Waals surface area (Å²) in [6.45, 7) is 1.90. The first-order valence-corrected chi connectivity index (χ1v) is 6.93. The summed E-state index contributed by atoms with van der Waals surface area (Å²) in [7, 11) is 0. The van der Waals surface area contributed by atoms with Gasteiger partial charge in [-0.15, -0.1) is 23.2 Å². The first-order valence-electron chi connectivity index (χ1n) is 5.23. The molecule has 0 bridgehead atoms. The molecule has 1 fully saturated rings. The molecular formula is C11H13Cl2NO2S. The summed E-state index contributed by atoms with van der Waals surface area (Å²) < 4.78 is -0.968. The molecule has 1 amide bonds. The van der Waals surface area contributed by atoms with Crippen LogP contribution >= 0.6 is 34.5 Å². The van der Waals surface area contributed by atoms with E-state index in [9.17, 15) is 9.90 Å². The van der Waals surface area contributed by atoms with Crippen molar-refractivity contribution in [2.45, 2.75) is 23.8 Å². The summed E-state index contributed by atoms with van der Waals surface area (Å²) >= 11 is 13.3. The Labute approximate surface area is 114 Å². The zero-order chi connectivity index (χ0) is 12.7. The fourth-order valence-corrected chi connectivity index (χ4v) is 3.03. The van der Waals surface area contributed by atoms with Crippen LogP contribution in [0.1, 0.15) is 25.0 Å². The predicted octanol–water partition coefficient (Wildman–Crippen LogP) is 2.48. The molecule has 0 aromatic carbocycles. The van der Waals surface area contributed by atoms with Crippen molar-refractivity contribution in [3.63, 3.8) is 0 Å². The summed E-state index contributed by atoms with van der Waals surface area (Å²) in [6, 6.07) is 1.83. The van der Waals surface area contributed by atoms with Crippen molar-refractivity contribution < 1.29 is 9.90 Å².